The van der Waals surface area contributed by atoms with Gasteiger partial charge in [-0.05, 0) is 24.0 Å². The van der Waals surface area contributed by atoms with Gasteiger partial charge in [0.2, 0.25) is 5.91 Å². The number of amides is 2. The number of ether oxygens (including phenoxy) is 1. The van der Waals surface area contributed by atoms with E-state index in [1.165, 1.54) is 17.3 Å². The predicted octanol–water partition coefficient (Wildman–Crippen LogP) is 3.92. The molecule has 2 aliphatic heterocycles. The zero-order valence-corrected chi connectivity index (χ0v) is 20.4. The van der Waals surface area contributed by atoms with Gasteiger partial charge in [-0.3, -0.25) is 14.5 Å². The fourth-order valence-electron chi connectivity index (χ4n) is 4.21. The third kappa shape index (κ3) is 4.63. The number of para-hydroxylation sites is 1. The maximum atomic E-state index is 13.0. The van der Waals surface area contributed by atoms with E-state index in [9.17, 15) is 9.59 Å². The normalized spacial score (nSPS) is 18.6. The van der Waals surface area contributed by atoms with E-state index < -0.39 is 0 Å². The summed E-state index contributed by atoms with van der Waals surface area (Å²) in [5, 5.41) is 1.05. The van der Waals surface area contributed by atoms with Crippen LogP contribution in [0.5, 0.6) is 0 Å². The topological polar surface area (TPSA) is 54.8 Å². The van der Waals surface area contributed by atoms with Gasteiger partial charge in [0.1, 0.15) is 10.9 Å². The second-order valence-electron chi connectivity index (χ2n) is 8.56. The maximum Gasteiger partial charge on any atom is 0.266 e. The molecule has 2 saturated heterocycles. The highest BCUT2D eigenvalue weighted by atomic mass is 32.2. The van der Waals surface area contributed by atoms with Crippen molar-refractivity contribution < 1.29 is 14.3 Å². The van der Waals surface area contributed by atoms with Gasteiger partial charge in [0.15, 0.2) is 0 Å². The average Bonchev–Trinajstić information content (AvgIpc) is 3.26. The number of thioether (sulfide) groups is 1. The SMILES string of the molecule is CCc1cccc2c(/C=C3\SC(=S)N(CC(C)C)C3=O)cn(CC(=O)N3CCOCC3)c12. The zero-order valence-electron chi connectivity index (χ0n) is 18.8. The molecule has 2 aromatic rings. The van der Waals surface area contributed by atoms with Gasteiger partial charge in [0.05, 0.1) is 23.6 Å². The number of thiocarbonyl (C=S) groups is 1. The minimum absolute atomic E-state index is 0.0364. The average molecular weight is 472 g/mol. The molecular weight excluding hydrogens is 442 g/mol. The highest BCUT2D eigenvalue weighted by Crippen LogP contribution is 2.35. The molecule has 2 fully saturated rings. The van der Waals surface area contributed by atoms with E-state index in [1.807, 2.05) is 27.8 Å². The van der Waals surface area contributed by atoms with E-state index in [2.05, 4.69) is 32.9 Å². The Morgan fingerprint density at radius 3 is 2.72 bits per heavy atom. The van der Waals surface area contributed by atoms with Crippen molar-refractivity contribution in [1.82, 2.24) is 14.4 Å². The maximum absolute atomic E-state index is 13.0. The predicted molar refractivity (Wildman–Crippen MR) is 133 cm³/mol. The first-order valence-corrected chi connectivity index (χ1v) is 12.3. The van der Waals surface area contributed by atoms with Crippen LogP contribution in [-0.2, 0) is 27.3 Å². The molecule has 2 aliphatic rings. The van der Waals surface area contributed by atoms with Crippen molar-refractivity contribution in [2.24, 2.45) is 5.92 Å². The monoisotopic (exact) mass is 471 g/mol. The number of morpholine rings is 1. The lowest BCUT2D eigenvalue weighted by Gasteiger charge is -2.27. The first kappa shape index (κ1) is 23.0. The lowest BCUT2D eigenvalue weighted by molar-refractivity contribution is -0.135. The number of hydrogen-bond acceptors (Lipinski definition) is 5. The second kappa shape index (κ2) is 9.77. The fraction of sp³-hybridized carbons (Fsp3) is 0.458. The molecule has 1 aromatic heterocycles. The smallest absolute Gasteiger partial charge is 0.266 e. The molecular formula is C24H29N3O3S2. The Morgan fingerprint density at radius 1 is 1.28 bits per heavy atom. The zero-order chi connectivity index (χ0) is 22.8. The first-order chi connectivity index (χ1) is 15.4. The Morgan fingerprint density at radius 2 is 2.03 bits per heavy atom. The van der Waals surface area contributed by atoms with Gasteiger partial charge in [-0.15, -0.1) is 0 Å². The summed E-state index contributed by atoms with van der Waals surface area (Å²) in [6.07, 6.45) is 4.79. The minimum atomic E-state index is -0.0364. The fourth-order valence-corrected chi connectivity index (χ4v) is 5.48. The molecule has 8 heteroatoms. The molecule has 0 atom stereocenters. The number of fused-ring (bicyclic) bond motifs is 1. The lowest BCUT2D eigenvalue weighted by Crippen LogP contribution is -2.42. The molecule has 1 aromatic carbocycles. The Labute approximate surface area is 198 Å². The minimum Gasteiger partial charge on any atom is -0.378 e. The molecule has 0 unspecified atom stereocenters. The van der Waals surface area contributed by atoms with Crippen molar-refractivity contribution in [3.63, 3.8) is 0 Å². The first-order valence-electron chi connectivity index (χ1n) is 11.1. The van der Waals surface area contributed by atoms with Crippen LogP contribution in [0.15, 0.2) is 29.3 Å². The number of carbonyl (C=O) groups excluding carboxylic acids is 2. The number of rotatable bonds is 6. The van der Waals surface area contributed by atoms with Crippen molar-refractivity contribution in [1.29, 1.82) is 0 Å². The van der Waals surface area contributed by atoms with Crippen molar-refractivity contribution in [3.05, 3.63) is 40.4 Å². The molecule has 0 saturated carbocycles. The number of benzene rings is 1. The summed E-state index contributed by atoms with van der Waals surface area (Å²) in [4.78, 5) is 30.1. The van der Waals surface area contributed by atoms with E-state index >= 15 is 0 Å². The number of carbonyl (C=O) groups is 2. The van der Waals surface area contributed by atoms with E-state index in [4.69, 9.17) is 17.0 Å². The molecule has 170 valence electrons. The van der Waals surface area contributed by atoms with E-state index in [0.717, 1.165) is 22.9 Å². The van der Waals surface area contributed by atoms with Gasteiger partial charge in [-0.25, -0.2) is 0 Å². The molecule has 3 heterocycles. The van der Waals surface area contributed by atoms with Crippen molar-refractivity contribution in [2.45, 2.75) is 33.7 Å². The standard InChI is InChI=1S/C24H29N3O3S2/c1-4-17-6-5-7-19-18(12-20-23(29)27(13-16(2)3)24(31)32-20)14-26(22(17)19)15-21(28)25-8-10-30-11-9-25/h5-7,12,14,16H,4,8-11,13,15H2,1-3H3/b20-12-. The van der Waals surface area contributed by atoms with E-state index in [-0.39, 0.29) is 18.4 Å². The van der Waals surface area contributed by atoms with Gasteiger partial charge < -0.3 is 14.2 Å². The van der Waals surface area contributed by atoms with Gasteiger partial charge in [-0.1, -0.05) is 63.0 Å². The summed E-state index contributed by atoms with van der Waals surface area (Å²) in [7, 11) is 0. The summed E-state index contributed by atoms with van der Waals surface area (Å²) >= 11 is 6.81. The molecule has 0 radical (unpaired) electrons. The molecule has 2 amide bonds. The molecule has 32 heavy (non-hydrogen) atoms. The Kier molecular flexibility index (Phi) is 7.02. The third-order valence-electron chi connectivity index (χ3n) is 5.77. The van der Waals surface area contributed by atoms with Crippen LogP contribution in [0, 0.1) is 5.92 Å². The number of aromatic nitrogens is 1. The number of hydrogen-bond donors (Lipinski definition) is 0. The molecule has 0 aliphatic carbocycles. The van der Waals surface area contributed by atoms with Gasteiger partial charge in [-0.2, -0.15) is 0 Å². The van der Waals surface area contributed by atoms with Gasteiger partial charge >= 0.3 is 0 Å². The largest absolute Gasteiger partial charge is 0.378 e. The summed E-state index contributed by atoms with van der Waals surface area (Å²) in [6.45, 7) is 9.60. The highest BCUT2D eigenvalue weighted by molar-refractivity contribution is 8.26. The van der Waals surface area contributed by atoms with Crippen molar-refractivity contribution in [2.75, 3.05) is 32.8 Å². The van der Waals surface area contributed by atoms with Crippen LogP contribution in [0.1, 0.15) is 31.9 Å². The van der Waals surface area contributed by atoms with Crippen LogP contribution in [-0.4, -0.2) is 63.3 Å². The molecule has 6 nitrogen and oxygen atoms in total. The quantitative estimate of drug-likeness (QED) is 0.472. The Balaban J connectivity index is 1.70. The summed E-state index contributed by atoms with van der Waals surface area (Å²) < 4.78 is 8.02. The van der Waals surface area contributed by atoms with Crippen LogP contribution in [0.25, 0.3) is 17.0 Å². The van der Waals surface area contributed by atoms with Gasteiger partial charge in [0.25, 0.3) is 5.91 Å². The Hall–Kier alpha value is -2.16. The number of aryl methyl sites for hydroxylation is 1. The van der Waals surface area contributed by atoms with Crippen LogP contribution < -0.4 is 0 Å². The lowest BCUT2D eigenvalue weighted by atomic mass is 10.1. The van der Waals surface area contributed by atoms with Crippen molar-refractivity contribution in [3.8, 4) is 0 Å². The van der Waals surface area contributed by atoms with E-state index in [0.29, 0.717) is 48.0 Å². The molecule has 4 rings (SSSR count). The second-order valence-corrected chi connectivity index (χ2v) is 10.2. The summed E-state index contributed by atoms with van der Waals surface area (Å²) in [5.41, 5.74) is 3.18. The van der Waals surface area contributed by atoms with Crippen molar-refractivity contribution >= 4 is 57.1 Å². The Bertz CT molecular complexity index is 1080. The highest BCUT2D eigenvalue weighted by Gasteiger charge is 2.32. The van der Waals surface area contributed by atoms with Crippen LogP contribution in [0.2, 0.25) is 0 Å². The van der Waals surface area contributed by atoms with Crippen LogP contribution >= 0.6 is 24.0 Å². The third-order valence-corrected chi connectivity index (χ3v) is 7.15. The van der Waals surface area contributed by atoms with Gasteiger partial charge in [0, 0.05) is 36.8 Å². The van der Waals surface area contributed by atoms with Crippen LogP contribution in [0.4, 0.5) is 0 Å². The van der Waals surface area contributed by atoms with Crippen LogP contribution in [0.3, 0.4) is 0 Å². The summed E-state index contributed by atoms with van der Waals surface area (Å²) in [6, 6.07) is 6.20. The molecule has 0 bridgehead atoms. The summed E-state index contributed by atoms with van der Waals surface area (Å²) in [5.74, 6) is 0.397. The molecule has 0 N–H and O–H groups in total. The molecule has 0 spiro atoms. The number of nitrogens with zero attached hydrogens (tertiary/aromatic N) is 3. The van der Waals surface area contributed by atoms with E-state index in [1.54, 1.807) is 4.90 Å².